The summed E-state index contributed by atoms with van der Waals surface area (Å²) >= 11 is 7.51. The molecule has 160 valence electrons. The quantitative estimate of drug-likeness (QED) is 0.448. The molecule has 0 unspecified atom stereocenters. The topological polar surface area (TPSA) is 85.6 Å². The summed E-state index contributed by atoms with van der Waals surface area (Å²) in [6.45, 7) is 0. The smallest absolute Gasteiger partial charge is 0.161 e. The van der Waals surface area contributed by atoms with Gasteiger partial charge < -0.3 is 24.3 Å². The Balaban J connectivity index is 1.89. The molecule has 9 heteroatoms. The zero-order chi connectivity index (χ0) is 22.4. The molecule has 0 saturated carbocycles. The van der Waals surface area contributed by atoms with Gasteiger partial charge in [-0.1, -0.05) is 11.6 Å². The van der Waals surface area contributed by atoms with Crippen molar-refractivity contribution in [3.05, 3.63) is 51.9 Å². The van der Waals surface area contributed by atoms with Crippen LogP contribution < -0.4 is 24.3 Å². The number of hydrogen-bond donors (Lipinski definition) is 1. The number of rotatable bonds is 8. The second-order valence-electron chi connectivity index (χ2n) is 6.11. The Morgan fingerprint density at radius 3 is 2.35 bits per heavy atom. The molecule has 0 amide bonds. The van der Waals surface area contributed by atoms with Gasteiger partial charge in [-0.25, -0.2) is 4.98 Å². The van der Waals surface area contributed by atoms with E-state index in [9.17, 15) is 5.26 Å². The average Bonchev–Trinajstić information content (AvgIpc) is 3.29. The maximum atomic E-state index is 9.65. The van der Waals surface area contributed by atoms with Crippen molar-refractivity contribution in [1.82, 2.24) is 4.98 Å². The average molecular weight is 458 g/mol. The molecule has 2 aromatic carbocycles. The Kier molecular flexibility index (Phi) is 7.23. The van der Waals surface area contributed by atoms with E-state index in [0.717, 1.165) is 11.3 Å². The maximum absolute atomic E-state index is 9.65. The number of nitrogens with zero attached hydrogens (tertiary/aromatic N) is 2. The Hall–Kier alpha value is -3.41. The number of allylic oxidation sites excluding steroid dienone is 1. The zero-order valence-electron chi connectivity index (χ0n) is 17.4. The number of thiazole rings is 1. The van der Waals surface area contributed by atoms with Crippen molar-refractivity contribution in [2.75, 3.05) is 33.8 Å². The minimum atomic E-state index is 0.368. The molecule has 0 aliphatic heterocycles. The zero-order valence-corrected chi connectivity index (χ0v) is 18.9. The Morgan fingerprint density at radius 2 is 1.71 bits per heavy atom. The van der Waals surface area contributed by atoms with E-state index in [0.29, 0.717) is 44.3 Å². The molecule has 1 aromatic heterocycles. The molecule has 7 nitrogen and oxygen atoms in total. The van der Waals surface area contributed by atoms with Gasteiger partial charge in [-0.15, -0.1) is 11.3 Å². The van der Waals surface area contributed by atoms with E-state index < -0.39 is 0 Å². The summed E-state index contributed by atoms with van der Waals surface area (Å²) in [6.07, 6.45) is 1.57. The summed E-state index contributed by atoms with van der Waals surface area (Å²) in [7, 11) is 6.23. The lowest BCUT2D eigenvalue weighted by Crippen LogP contribution is -1.96. The van der Waals surface area contributed by atoms with E-state index in [2.05, 4.69) is 16.4 Å². The van der Waals surface area contributed by atoms with Gasteiger partial charge in [0, 0.05) is 29.3 Å². The first-order chi connectivity index (χ1) is 15.0. The molecule has 0 atom stereocenters. The van der Waals surface area contributed by atoms with Crippen LogP contribution in [0, 0.1) is 11.3 Å². The van der Waals surface area contributed by atoms with Crippen LogP contribution in [-0.2, 0) is 0 Å². The van der Waals surface area contributed by atoms with Crippen LogP contribution in [0.3, 0.4) is 0 Å². The van der Waals surface area contributed by atoms with Gasteiger partial charge in [0.1, 0.15) is 28.1 Å². The summed E-state index contributed by atoms with van der Waals surface area (Å²) in [5.41, 5.74) is 2.56. The summed E-state index contributed by atoms with van der Waals surface area (Å²) in [5.74, 6) is 2.25. The summed E-state index contributed by atoms with van der Waals surface area (Å²) in [6, 6.07) is 11.1. The first-order valence-corrected chi connectivity index (χ1v) is 10.3. The molecular weight excluding hydrogens is 438 g/mol. The number of ether oxygens (including phenoxy) is 4. The fourth-order valence-corrected chi connectivity index (χ4v) is 3.82. The van der Waals surface area contributed by atoms with E-state index in [1.165, 1.54) is 25.6 Å². The number of nitriles is 1. The summed E-state index contributed by atoms with van der Waals surface area (Å²) < 4.78 is 21.2. The molecule has 1 heterocycles. The van der Waals surface area contributed by atoms with Crippen molar-refractivity contribution in [1.29, 1.82) is 5.26 Å². The number of aromatic nitrogens is 1. The number of nitrogens with one attached hydrogen (secondary N) is 1. The molecule has 1 N–H and O–H groups in total. The minimum absolute atomic E-state index is 0.368. The molecule has 31 heavy (non-hydrogen) atoms. The van der Waals surface area contributed by atoms with Crippen LogP contribution >= 0.6 is 22.9 Å². The fourth-order valence-electron chi connectivity index (χ4n) is 2.79. The fraction of sp³-hybridized carbons (Fsp3) is 0.182. The van der Waals surface area contributed by atoms with E-state index in [4.69, 9.17) is 30.5 Å². The van der Waals surface area contributed by atoms with Crippen LogP contribution in [0.2, 0.25) is 5.02 Å². The van der Waals surface area contributed by atoms with Crippen molar-refractivity contribution >= 4 is 34.2 Å². The molecule has 0 bridgehead atoms. The summed E-state index contributed by atoms with van der Waals surface area (Å²) in [5, 5.41) is 15.6. The van der Waals surface area contributed by atoms with Gasteiger partial charge in [0.15, 0.2) is 11.5 Å². The van der Waals surface area contributed by atoms with Gasteiger partial charge in [-0.05, 0) is 18.2 Å². The molecular formula is C22H20ClN3O4S. The van der Waals surface area contributed by atoms with Gasteiger partial charge in [-0.3, -0.25) is 0 Å². The largest absolute Gasteiger partial charge is 0.495 e. The van der Waals surface area contributed by atoms with Crippen molar-refractivity contribution in [3.8, 4) is 40.3 Å². The van der Waals surface area contributed by atoms with Gasteiger partial charge in [0.2, 0.25) is 0 Å². The van der Waals surface area contributed by atoms with Crippen molar-refractivity contribution in [2.24, 2.45) is 0 Å². The second kappa shape index (κ2) is 10.1. The molecule has 0 radical (unpaired) electrons. The molecule has 0 aliphatic rings. The van der Waals surface area contributed by atoms with Crippen molar-refractivity contribution < 1.29 is 18.9 Å². The molecule has 0 spiro atoms. The van der Waals surface area contributed by atoms with E-state index in [1.807, 2.05) is 23.6 Å². The highest BCUT2D eigenvalue weighted by molar-refractivity contribution is 7.11. The number of methoxy groups -OCH3 is 4. The van der Waals surface area contributed by atoms with Gasteiger partial charge in [0.25, 0.3) is 0 Å². The Bertz CT molecular complexity index is 1150. The predicted octanol–water partition coefficient (Wildman–Crippen LogP) is 5.47. The highest BCUT2D eigenvalue weighted by Gasteiger charge is 2.13. The minimum Gasteiger partial charge on any atom is -0.495 e. The highest BCUT2D eigenvalue weighted by Crippen LogP contribution is 2.37. The van der Waals surface area contributed by atoms with E-state index in [-0.39, 0.29) is 0 Å². The maximum Gasteiger partial charge on any atom is 0.161 e. The molecule has 0 aliphatic carbocycles. The third-order valence-corrected chi connectivity index (χ3v) is 5.55. The SMILES string of the molecule is COc1cc(N/C=C(/C#N)c2nc(-c3ccc(OC)c(OC)c3)cs2)c(OC)cc1Cl. The van der Waals surface area contributed by atoms with E-state index >= 15 is 0 Å². The van der Waals surface area contributed by atoms with Crippen LogP contribution in [0.15, 0.2) is 41.9 Å². The third-order valence-electron chi connectivity index (χ3n) is 4.38. The van der Waals surface area contributed by atoms with Crippen LogP contribution in [0.1, 0.15) is 5.01 Å². The standard InChI is InChI=1S/C22H20ClN3O4S/c1-27-18-6-5-13(7-21(18)30-4)17-12-31-22(26-17)14(10-24)11-25-16-9-19(28-2)15(23)8-20(16)29-3/h5-9,11-12,25H,1-4H3/b14-11-. The molecule has 0 fully saturated rings. The number of halogens is 1. The lowest BCUT2D eigenvalue weighted by molar-refractivity contribution is 0.355. The van der Waals surface area contributed by atoms with Crippen molar-refractivity contribution in [3.63, 3.8) is 0 Å². The first-order valence-electron chi connectivity index (χ1n) is 9.01. The predicted molar refractivity (Wildman–Crippen MR) is 122 cm³/mol. The Morgan fingerprint density at radius 1 is 1.00 bits per heavy atom. The monoisotopic (exact) mass is 457 g/mol. The van der Waals surface area contributed by atoms with Gasteiger partial charge in [-0.2, -0.15) is 5.26 Å². The molecule has 0 saturated heterocycles. The third kappa shape index (κ3) is 4.85. The van der Waals surface area contributed by atoms with E-state index in [1.54, 1.807) is 32.6 Å². The molecule has 3 rings (SSSR count). The van der Waals surface area contributed by atoms with Crippen LogP contribution in [0.5, 0.6) is 23.0 Å². The van der Waals surface area contributed by atoms with Crippen molar-refractivity contribution in [2.45, 2.75) is 0 Å². The lowest BCUT2D eigenvalue weighted by atomic mass is 10.1. The summed E-state index contributed by atoms with van der Waals surface area (Å²) in [4.78, 5) is 4.60. The highest BCUT2D eigenvalue weighted by atomic mass is 35.5. The number of hydrogen-bond acceptors (Lipinski definition) is 8. The van der Waals surface area contributed by atoms with Crippen LogP contribution in [0.25, 0.3) is 16.8 Å². The normalized spacial score (nSPS) is 10.9. The number of benzene rings is 2. The lowest BCUT2D eigenvalue weighted by Gasteiger charge is -2.12. The van der Waals surface area contributed by atoms with Gasteiger partial charge in [0.05, 0.1) is 44.8 Å². The van der Waals surface area contributed by atoms with Crippen LogP contribution in [0.4, 0.5) is 5.69 Å². The number of anilines is 1. The second-order valence-corrected chi connectivity index (χ2v) is 7.37. The Labute approximate surface area is 189 Å². The van der Waals surface area contributed by atoms with Gasteiger partial charge >= 0.3 is 0 Å². The van der Waals surface area contributed by atoms with Crippen LogP contribution in [-0.4, -0.2) is 33.4 Å². The molecule has 3 aromatic rings. The first kappa shape index (κ1) is 22.3.